The molecule has 0 bridgehead atoms. The molecule has 5 heteroatoms. The third-order valence-corrected chi connectivity index (χ3v) is 4.31. The van der Waals surface area contributed by atoms with Crippen molar-refractivity contribution in [3.8, 4) is 17.2 Å². The minimum atomic E-state index is -0.178. The van der Waals surface area contributed by atoms with Crippen LogP contribution in [0, 0.1) is 0 Å². The number of ether oxygens (including phenoxy) is 3. The van der Waals surface area contributed by atoms with Gasteiger partial charge in [0.1, 0.15) is 17.2 Å². The van der Waals surface area contributed by atoms with E-state index in [1.54, 1.807) is 0 Å². The fraction of sp³-hybridized carbons (Fsp3) is 0.316. The lowest BCUT2D eigenvalue weighted by atomic mass is 9.99. The van der Waals surface area contributed by atoms with Gasteiger partial charge in [0.15, 0.2) is 0 Å². The van der Waals surface area contributed by atoms with Crippen molar-refractivity contribution in [3.05, 3.63) is 47.0 Å². The first-order chi connectivity index (χ1) is 11.8. The number of anilines is 1. The van der Waals surface area contributed by atoms with Gasteiger partial charge in [-0.05, 0) is 25.1 Å². The van der Waals surface area contributed by atoms with E-state index >= 15 is 0 Å². The molecule has 2 heterocycles. The Morgan fingerprint density at radius 3 is 2.92 bits per heavy atom. The van der Waals surface area contributed by atoms with Gasteiger partial charge in [0.2, 0.25) is 0 Å². The standard InChI is InChI=1S/C19H19NO4/c1-2-22-15-6-4-3-5-14(15)20-19(21)17-13-8-10-23-16(13)11-12-7-9-24-18(12)17/h3-6,11H,2,7-10H2,1H3,(H,20,21). The summed E-state index contributed by atoms with van der Waals surface area (Å²) in [7, 11) is 0. The Labute approximate surface area is 140 Å². The van der Waals surface area contributed by atoms with Crippen molar-refractivity contribution in [2.24, 2.45) is 0 Å². The van der Waals surface area contributed by atoms with E-state index in [0.717, 1.165) is 29.7 Å². The molecule has 0 fully saturated rings. The van der Waals surface area contributed by atoms with Crippen LogP contribution in [0.3, 0.4) is 0 Å². The van der Waals surface area contributed by atoms with E-state index in [9.17, 15) is 4.79 Å². The highest BCUT2D eigenvalue weighted by Crippen LogP contribution is 2.41. The average molecular weight is 325 g/mol. The minimum absolute atomic E-state index is 0.178. The van der Waals surface area contributed by atoms with E-state index in [2.05, 4.69) is 5.32 Å². The molecule has 0 aliphatic carbocycles. The molecule has 0 atom stereocenters. The quantitative estimate of drug-likeness (QED) is 0.938. The first kappa shape index (κ1) is 14.9. The number of hydrogen-bond donors (Lipinski definition) is 1. The molecule has 0 aromatic heterocycles. The summed E-state index contributed by atoms with van der Waals surface area (Å²) in [4.78, 5) is 13.0. The molecule has 2 aliphatic heterocycles. The zero-order valence-electron chi connectivity index (χ0n) is 13.6. The normalized spacial score (nSPS) is 14.4. The predicted molar refractivity (Wildman–Crippen MR) is 90.4 cm³/mol. The molecule has 0 unspecified atom stereocenters. The van der Waals surface area contributed by atoms with E-state index < -0.39 is 0 Å². The third-order valence-electron chi connectivity index (χ3n) is 4.31. The van der Waals surface area contributed by atoms with E-state index in [1.165, 1.54) is 0 Å². The molecule has 2 aliphatic rings. The maximum Gasteiger partial charge on any atom is 0.259 e. The monoisotopic (exact) mass is 325 g/mol. The van der Waals surface area contributed by atoms with Crippen molar-refractivity contribution >= 4 is 11.6 Å². The van der Waals surface area contributed by atoms with Crippen molar-refractivity contribution in [3.63, 3.8) is 0 Å². The fourth-order valence-electron chi connectivity index (χ4n) is 3.26. The number of amides is 1. The van der Waals surface area contributed by atoms with Gasteiger partial charge < -0.3 is 19.5 Å². The summed E-state index contributed by atoms with van der Waals surface area (Å²) in [6, 6.07) is 9.45. The van der Waals surface area contributed by atoms with Crippen LogP contribution in [0.1, 0.15) is 28.4 Å². The summed E-state index contributed by atoms with van der Waals surface area (Å²) in [5.74, 6) is 1.99. The summed E-state index contributed by atoms with van der Waals surface area (Å²) >= 11 is 0. The topological polar surface area (TPSA) is 56.8 Å². The van der Waals surface area contributed by atoms with Gasteiger partial charge in [-0.2, -0.15) is 0 Å². The number of benzene rings is 2. The van der Waals surface area contributed by atoms with Gasteiger partial charge in [-0.3, -0.25) is 4.79 Å². The molecular weight excluding hydrogens is 306 g/mol. The Morgan fingerprint density at radius 2 is 2.04 bits per heavy atom. The lowest BCUT2D eigenvalue weighted by Crippen LogP contribution is -2.16. The fourth-order valence-corrected chi connectivity index (χ4v) is 3.26. The molecule has 2 aromatic rings. The predicted octanol–water partition coefficient (Wildman–Crippen LogP) is 3.21. The third kappa shape index (κ3) is 2.46. The second-order valence-corrected chi connectivity index (χ2v) is 5.80. The van der Waals surface area contributed by atoms with Gasteiger partial charge >= 0.3 is 0 Å². The van der Waals surface area contributed by atoms with E-state index in [1.807, 2.05) is 37.3 Å². The maximum absolute atomic E-state index is 13.0. The highest BCUT2D eigenvalue weighted by molar-refractivity contribution is 6.09. The highest BCUT2D eigenvalue weighted by atomic mass is 16.5. The van der Waals surface area contributed by atoms with Gasteiger partial charge in [-0.25, -0.2) is 0 Å². The van der Waals surface area contributed by atoms with Crippen LogP contribution in [0.5, 0.6) is 17.2 Å². The van der Waals surface area contributed by atoms with Crippen molar-refractivity contribution in [1.29, 1.82) is 0 Å². The largest absolute Gasteiger partial charge is 0.493 e. The van der Waals surface area contributed by atoms with Gasteiger partial charge in [0.25, 0.3) is 5.91 Å². The number of nitrogens with one attached hydrogen (secondary N) is 1. The van der Waals surface area contributed by atoms with Crippen LogP contribution < -0.4 is 19.5 Å². The summed E-state index contributed by atoms with van der Waals surface area (Å²) in [6.07, 6.45) is 1.53. The average Bonchev–Trinajstić information content (AvgIpc) is 3.22. The van der Waals surface area contributed by atoms with Crippen molar-refractivity contribution < 1.29 is 19.0 Å². The zero-order valence-corrected chi connectivity index (χ0v) is 13.6. The Hall–Kier alpha value is -2.69. The Balaban J connectivity index is 1.71. The van der Waals surface area contributed by atoms with Gasteiger partial charge in [-0.1, -0.05) is 12.1 Å². The van der Waals surface area contributed by atoms with Crippen LogP contribution in [0.15, 0.2) is 30.3 Å². The SMILES string of the molecule is CCOc1ccccc1NC(=O)c1c2c(cc3c1OCC3)OCC2. The van der Waals surface area contributed by atoms with E-state index in [4.69, 9.17) is 14.2 Å². The van der Waals surface area contributed by atoms with Gasteiger partial charge in [0, 0.05) is 24.0 Å². The first-order valence-electron chi connectivity index (χ1n) is 8.25. The van der Waals surface area contributed by atoms with Crippen molar-refractivity contribution in [2.45, 2.75) is 19.8 Å². The molecular formula is C19H19NO4. The molecule has 4 rings (SSSR count). The molecule has 5 nitrogen and oxygen atoms in total. The lowest BCUT2D eigenvalue weighted by molar-refractivity contribution is 0.102. The molecule has 1 N–H and O–H groups in total. The van der Waals surface area contributed by atoms with Crippen LogP contribution in [-0.2, 0) is 12.8 Å². The van der Waals surface area contributed by atoms with Crippen LogP contribution in [-0.4, -0.2) is 25.7 Å². The van der Waals surface area contributed by atoms with E-state index in [0.29, 0.717) is 42.6 Å². The zero-order chi connectivity index (χ0) is 16.5. The maximum atomic E-state index is 13.0. The molecule has 0 saturated carbocycles. The second-order valence-electron chi connectivity index (χ2n) is 5.80. The molecule has 2 aromatic carbocycles. The number of para-hydroxylation sites is 2. The summed E-state index contributed by atoms with van der Waals surface area (Å²) in [5, 5.41) is 2.97. The Morgan fingerprint density at radius 1 is 1.21 bits per heavy atom. The van der Waals surface area contributed by atoms with Crippen LogP contribution >= 0.6 is 0 Å². The number of fused-ring (bicyclic) bond motifs is 2. The van der Waals surface area contributed by atoms with Gasteiger partial charge in [-0.15, -0.1) is 0 Å². The molecule has 24 heavy (non-hydrogen) atoms. The number of carbonyl (C=O) groups excluding carboxylic acids is 1. The molecule has 124 valence electrons. The number of hydrogen-bond acceptors (Lipinski definition) is 4. The second kappa shape index (κ2) is 6.07. The minimum Gasteiger partial charge on any atom is -0.493 e. The molecule has 0 radical (unpaired) electrons. The van der Waals surface area contributed by atoms with Crippen LogP contribution in [0.25, 0.3) is 0 Å². The van der Waals surface area contributed by atoms with Crippen LogP contribution in [0.4, 0.5) is 5.69 Å². The number of carbonyl (C=O) groups is 1. The molecule has 0 spiro atoms. The Kier molecular flexibility index (Phi) is 3.76. The summed E-state index contributed by atoms with van der Waals surface area (Å²) in [5.41, 5.74) is 3.23. The smallest absolute Gasteiger partial charge is 0.259 e. The first-order valence-corrected chi connectivity index (χ1v) is 8.25. The summed E-state index contributed by atoms with van der Waals surface area (Å²) < 4.78 is 17.0. The molecule has 0 saturated heterocycles. The van der Waals surface area contributed by atoms with Crippen molar-refractivity contribution in [1.82, 2.24) is 0 Å². The number of rotatable bonds is 4. The van der Waals surface area contributed by atoms with Crippen LogP contribution in [0.2, 0.25) is 0 Å². The lowest BCUT2D eigenvalue weighted by Gasteiger charge is -2.15. The molecule has 1 amide bonds. The highest BCUT2D eigenvalue weighted by Gasteiger charge is 2.30. The Bertz CT molecular complexity index is 768. The van der Waals surface area contributed by atoms with E-state index in [-0.39, 0.29) is 5.91 Å². The van der Waals surface area contributed by atoms with Gasteiger partial charge in [0.05, 0.1) is 31.1 Å². The van der Waals surface area contributed by atoms with Crippen molar-refractivity contribution in [2.75, 3.05) is 25.1 Å². The summed E-state index contributed by atoms with van der Waals surface area (Å²) in [6.45, 7) is 3.67.